The van der Waals surface area contributed by atoms with E-state index in [9.17, 15) is 0 Å². The quantitative estimate of drug-likeness (QED) is 0.867. The van der Waals surface area contributed by atoms with Crippen LogP contribution in [0.5, 0.6) is 0 Å². The topological polar surface area (TPSA) is 21.1 Å². The van der Waals surface area contributed by atoms with Gasteiger partial charge in [0.1, 0.15) is 11.2 Å². The number of imidazole rings is 1. The summed E-state index contributed by atoms with van der Waals surface area (Å²) in [5.41, 5.74) is 1.30. The van der Waals surface area contributed by atoms with Crippen LogP contribution in [0.4, 0.5) is 0 Å². The highest BCUT2D eigenvalue weighted by Crippen LogP contribution is 2.23. The lowest BCUT2D eigenvalue weighted by molar-refractivity contribution is 0.257. The average molecular weight is 306 g/mol. The second-order valence-electron chi connectivity index (χ2n) is 6.75. The Balaban J connectivity index is 1.64. The molecule has 1 radical (unpaired) electrons. The number of benzene rings is 1. The van der Waals surface area contributed by atoms with Gasteiger partial charge in [-0.25, -0.2) is 4.98 Å². The summed E-state index contributed by atoms with van der Waals surface area (Å²) in [6.45, 7) is 4.02. The van der Waals surface area contributed by atoms with Crippen molar-refractivity contribution in [1.29, 1.82) is 0 Å². The largest absolute Gasteiger partial charge is 0.369 e. The van der Waals surface area contributed by atoms with E-state index in [1.54, 1.807) is 0 Å². The maximum Gasteiger partial charge on any atom is 0.107 e. The maximum absolute atomic E-state index is 4.82. The van der Waals surface area contributed by atoms with Gasteiger partial charge in [-0.3, -0.25) is 0 Å². The summed E-state index contributed by atoms with van der Waals surface area (Å²) < 4.78 is 2.33. The molecule has 0 bridgehead atoms. The van der Waals surface area contributed by atoms with Crippen LogP contribution in [0.15, 0.2) is 24.3 Å². The van der Waals surface area contributed by atoms with Crippen molar-refractivity contribution in [2.24, 2.45) is 0 Å². The molecule has 2 aromatic rings. The fourth-order valence-corrected chi connectivity index (χ4v) is 3.89. The zero-order valence-corrected chi connectivity index (χ0v) is 13.8. The third kappa shape index (κ3) is 2.92. The van der Waals surface area contributed by atoms with E-state index in [4.69, 9.17) is 4.98 Å². The predicted molar refractivity (Wildman–Crippen MR) is 93.1 cm³/mol. The van der Waals surface area contributed by atoms with Crippen LogP contribution >= 0.6 is 0 Å². The summed E-state index contributed by atoms with van der Waals surface area (Å²) in [6.07, 6.45) is 11.5. The van der Waals surface area contributed by atoms with Crippen LogP contribution in [-0.4, -0.2) is 27.0 Å². The molecule has 3 heteroatoms. The zero-order chi connectivity index (χ0) is 15.6. The highest BCUT2D eigenvalue weighted by molar-refractivity contribution is 5.36. The minimum atomic E-state index is 0.711. The van der Waals surface area contributed by atoms with Gasteiger partial charge in [-0.15, -0.1) is 0 Å². The molecular weight excluding hydrogens is 282 g/mol. The number of aryl methyl sites for hydroxylation is 1. The van der Waals surface area contributed by atoms with Crippen LogP contribution in [0.25, 0.3) is 12.3 Å². The molecule has 1 fully saturated rings. The maximum atomic E-state index is 4.82. The summed E-state index contributed by atoms with van der Waals surface area (Å²) in [7, 11) is 0. The van der Waals surface area contributed by atoms with Gasteiger partial charge in [0.15, 0.2) is 0 Å². The van der Waals surface area contributed by atoms with Crippen LogP contribution in [0, 0.1) is 13.0 Å². The molecule has 2 aliphatic rings. The van der Waals surface area contributed by atoms with Crippen molar-refractivity contribution < 1.29 is 0 Å². The Kier molecular flexibility index (Phi) is 3.94. The molecule has 0 amide bonds. The average Bonchev–Trinajstić information content (AvgIpc) is 2.91. The van der Waals surface area contributed by atoms with E-state index >= 15 is 0 Å². The van der Waals surface area contributed by atoms with Crippen LogP contribution in [0.2, 0.25) is 0 Å². The minimum absolute atomic E-state index is 0.711. The lowest BCUT2D eigenvalue weighted by Crippen LogP contribution is -2.43. The van der Waals surface area contributed by atoms with E-state index in [1.165, 1.54) is 43.0 Å². The van der Waals surface area contributed by atoms with E-state index < -0.39 is 0 Å². The second-order valence-corrected chi connectivity index (χ2v) is 6.75. The van der Waals surface area contributed by atoms with Gasteiger partial charge in [-0.2, -0.15) is 0 Å². The number of rotatable bonds is 3. The summed E-state index contributed by atoms with van der Waals surface area (Å²) >= 11 is 0. The standard InChI is InChI=1S/C20H24N3/c1-16-21-19-15-22(18-10-6-3-7-11-18)13-12-20(19)23(16)14-17-8-4-2-5-9-17/h4-5,8-9,12,15,18H,3,6-7,10-11,13-14H2,1H3. The highest BCUT2D eigenvalue weighted by atomic mass is 15.2. The second kappa shape index (κ2) is 6.23. The third-order valence-electron chi connectivity index (χ3n) is 5.18. The molecule has 1 saturated carbocycles. The molecule has 4 rings (SSSR count). The number of fused-ring (bicyclic) bond motifs is 1. The monoisotopic (exact) mass is 306 g/mol. The number of hydrogen-bond donors (Lipinski definition) is 0. The van der Waals surface area contributed by atoms with Crippen LogP contribution in [-0.2, 0) is 6.54 Å². The van der Waals surface area contributed by atoms with Gasteiger partial charge in [0.2, 0.25) is 0 Å². The Morgan fingerprint density at radius 1 is 1.17 bits per heavy atom. The van der Waals surface area contributed by atoms with Crippen molar-refractivity contribution in [3.05, 3.63) is 52.4 Å². The van der Waals surface area contributed by atoms with Gasteiger partial charge in [-0.1, -0.05) is 43.5 Å². The molecule has 0 saturated heterocycles. The Morgan fingerprint density at radius 3 is 2.74 bits per heavy atom. The third-order valence-corrected chi connectivity index (χ3v) is 5.18. The Hall–Kier alpha value is -2.03. The number of aromatic nitrogens is 2. The predicted octanol–water partition coefficient (Wildman–Crippen LogP) is 2.21. The molecule has 3 nitrogen and oxygen atoms in total. The van der Waals surface area contributed by atoms with Crippen molar-refractivity contribution >= 4 is 12.3 Å². The Bertz CT molecular complexity index is 782. The summed E-state index contributed by atoms with van der Waals surface area (Å²) in [5.74, 6) is 1.10. The number of nitrogens with zero attached hydrogens (tertiary/aromatic N) is 3. The first-order valence-corrected chi connectivity index (χ1v) is 8.77. The van der Waals surface area contributed by atoms with Crippen molar-refractivity contribution in [3.63, 3.8) is 0 Å². The summed E-state index contributed by atoms with van der Waals surface area (Å²) in [6, 6.07) is 12.0. The highest BCUT2D eigenvalue weighted by Gasteiger charge is 2.20. The zero-order valence-electron chi connectivity index (χ0n) is 13.8. The smallest absolute Gasteiger partial charge is 0.107 e. The van der Waals surface area contributed by atoms with Gasteiger partial charge >= 0.3 is 0 Å². The van der Waals surface area contributed by atoms with Crippen molar-refractivity contribution in [2.75, 3.05) is 6.54 Å². The van der Waals surface area contributed by atoms with E-state index in [2.05, 4.69) is 46.9 Å². The normalized spacial score (nSPS) is 18.2. The lowest BCUT2D eigenvalue weighted by atomic mass is 9.94. The SMILES string of the molecule is Cc1nc2c(n1Cc1cc[c]cc1)=CCN(C1CCCCC1)C=2. The molecule has 1 aromatic heterocycles. The first-order chi connectivity index (χ1) is 11.3. The van der Waals surface area contributed by atoms with E-state index in [0.29, 0.717) is 6.04 Å². The van der Waals surface area contributed by atoms with Crippen LogP contribution in [0.1, 0.15) is 43.5 Å². The fraction of sp³-hybridized carbons (Fsp3) is 0.450. The Labute approximate surface area is 138 Å². The van der Waals surface area contributed by atoms with Crippen molar-refractivity contribution in [2.45, 2.75) is 51.6 Å². The lowest BCUT2D eigenvalue weighted by Gasteiger charge is -2.33. The first-order valence-electron chi connectivity index (χ1n) is 8.77. The molecule has 2 heterocycles. The number of hydrogen-bond acceptors (Lipinski definition) is 2. The van der Waals surface area contributed by atoms with E-state index in [0.717, 1.165) is 24.3 Å². The molecule has 23 heavy (non-hydrogen) atoms. The van der Waals surface area contributed by atoms with Crippen molar-refractivity contribution in [1.82, 2.24) is 14.5 Å². The molecule has 1 aliphatic carbocycles. The molecule has 0 unspecified atom stereocenters. The summed E-state index contributed by atoms with van der Waals surface area (Å²) in [5, 5.41) is 2.42. The van der Waals surface area contributed by atoms with Gasteiger partial charge < -0.3 is 9.47 Å². The molecule has 119 valence electrons. The van der Waals surface area contributed by atoms with Gasteiger partial charge in [0.05, 0.1) is 5.35 Å². The molecule has 0 atom stereocenters. The summed E-state index contributed by atoms with van der Waals surface area (Å²) in [4.78, 5) is 7.33. The van der Waals surface area contributed by atoms with Gasteiger partial charge in [-0.05, 0) is 37.5 Å². The van der Waals surface area contributed by atoms with E-state index in [1.807, 2.05) is 12.1 Å². The molecule has 1 aromatic carbocycles. The fourth-order valence-electron chi connectivity index (χ4n) is 3.89. The molecule has 0 spiro atoms. The molecule has 1 aliphatic heterocycles. The first kappa shape index (κ1) is 14.6. The van der Waals surface area contributed by atoms with Crippen LogP contribution < -0.4 is 10.7 Å². The van der Waals surface area contributed by atoms with Crippen LogP contribution in [0.3, 0.4) is 0 Å². The van der Waals surface area contributed by atoms with Gasteiger partial charge in [0, 0.05) is 25.3 Å². The Morgan fingerprint density at radius 2 is 1.96 bits per heavy atom. The van der Waals surface area contributed by atoms with E-state index in [-0.39, 0.29) is 0 Å². The molecule has 0 N–H and O–H groups in total. The minimum Gasteiger partial charge on any atom is -0.369 e. The van der Waals surface area contributed by atoms with Crippen molar-refractivity contribution in [3.8, 4) is 0 Å². The molecular formula is C20H24N3. The van der Waals surface area contributed by atoms with Gasteiger partial charge in [0.25, 0.3) is 0 Å².